The molecule has 2 fully saturated rings. The fourth-order valence-electron chi connectivity index (χ4n) is 3.74. The molecule has 5 aromatic rings. The van der Waals surface area contributed by atoms with E-state index in [-0.39, 0.29) is 29.5 Å². The smallest absolute Gasteiger partial charge is 0.297 e. The number of ether oxygens (including phenoxy) is 3. The van der Waals surface area contributed by atoms with Gasteiger partial charge in [0.1, 0.15) is 30.3 Å². The van der Waals surface area contributed by atoms with Crippen molar-refractivity contribution < 1.29 is 31.9 Å². The molecule has 0 spiro atoms. The molecule has 2 atom stereocenters. The molecular weight excluding hydrogens is 544 g/mol. The SMILES string of the molecule is Cc1ccc(S(=O)(=O)OC[C@H]2CO2)cc1.Oc1cccc2ncccc12.c1cc(OC[C@@H]2CO2)c2cccnc2c1. The number of nitrogens with zero attached hydrogens (tertiary/aromatic N) is 2. The standard InChI is InChI=1S/C12H11NO2.C10H12O4S.C9H7NO/c1-4-11-10(3-2-6-13-11)12(5-1)15-8-9-7-14-9;1-8-2-4-10(5-3-8)15(11,12)14-7-9-6-13-9;11-9-5-1-4-8-7(9)3-2-6-10-8/h1-6,9H,7-8H2;2-5,9H,6-7H2,1H3;1-6,11H/t2*9-;/m01./s1. The number of phenolic OH excluding ortho intramolecular Hbond substituents is 1. The molecule has 9 nitrogen and oxygen atoms in total. The lowest BCUT2D eigenvalue weighted by Crippen LogP contribution is -2.10. The first-order valence-corrected chi connectivity index (χ1v) is 14.5. The normalized spacial score (nSPS) is 17.1. The highest BCUT2D eigenvalue weighted by Gasteiger charge is 2.26. The van der Waals surface area contributed by atoms with E-state index in [1.165, 1.54) is 0 Å². The van der Waals surface area contributed by atoms with E-state index in [2.05, 4.69) is 9.97 Å². The maximum Gasteiger partial charge on any atom is 0.297 e. The summed E-state index contributed by atoms with van der Waals surface area (Å²) in [5.41, 5.74) is 2.80. The third-order valence-corrected chi connectivity index (χ3v) is 7.47. The highest BCUT2D eigenvalue weighted by molar-refractivity contribution is 7.86. The second kappa shape index (κ2) is 13.0. The third-order valence-electron chi connectivity index (χ3n) is 6.18. The van der Waals surface area contributed by atoms with Crippen molar-refractivity contribution >= 4 is 31.9 Å². The fourth-order valence-corrected chi connectivity index (χ4v) is 4.67. The maximum absolute atomic E-state index is 11.6. The molecular formula is C31H30N2O7S. The Morgan fingerprint density at radius 2 is 1.37 bits per heavy atom. The van der Waals surface area contributed by atoms with Crippen molar-refractivity contribution in [2.24, 2.45) is 0 Å². The van der Waals surface area contributed by atoms with Crippen LogP contribution in [0.4, 0.5) is 0 Å². The minimum absolute atomic E-state index is 0.0507. The molecule has 2 aliphatic rings. The molecule has 4 heterocycles. The Labute approximate surface area is 238 Å². The summed E-state index contributed by atoms with van der Waals surface area (Å²) in [4.78, 5) is 8.54. The summed E-state index contributed by atoms with van der Waals surface area (Å²) in [5.74, 6) is 1.17. The van der Waals surface area contributed by atoms with Gasteiger partial charge in [0.25, 0.3) is 10.1 Å². The van der Waals surface area contributed by atoms with Gasteiger partial charge in [0.2, 0.25) is 0 Å². The van der Waals surface area contributed by atoms with Crippen LogP contribution in [0.15, 0.2) is 102 Å². The first kappa shape index (κ1) is 28.4. The van der Waals surface area contributed by atoms with E-state index in [9.17, 15) is 13.5 Å². The van der Waals surface area contributed by atoms with Crippen LogP contribution in [0.1, 0.15) is 5.56 Å². The first-order chi connectivity index (χ1) is 19.9. The van der Waals surface area contributed by atoms with Gasteiger partial charge in [-0.05, 0) is 67.6 Å². The molecule has 10 heteroatoms. The molecule has 0 amide bonds. The average Bonchev–Trinajstić information content (AvgIpc) is 3.92. The summed E-state index contributed by atoms with van der Waals surface area (Å²) in [6.45, 7) is 4.05. The number of rotatable bonds is 7. The van der Waals surface area contributed by atoms with Crippen LogP contribution < -0.4 is 4.74 Å². The number of epoxide rings is 2. The third kappa shape index (κ3) is 8.21. The fraction of sp³-hybridized carbons (Fsp3) is 0.226. The van der Waals surface area contributed by atoms with Crippen molar-refractivity contribution in [2.45, 2.75) is 24.0 Å². The maximum atomic E-state index is 11.6. The van der Waals surface area contributed by atoms with Crippen LogP contribution in [-0.4, -0.2) is 62.1 Å². The molecule has 2 aliphatic heterocycles. The molecule has 2 saturated heterocycles. The van der Waals surface area contributed by atoms with E-state index in [1.54, 1.807) is 48.8 Å². The predicted octanol–water partition coefficient (Wildman–Crippen LogP) is 5.05. The summed E-state index contributed by atoms with van der Waals surface area (Å²) in [7, 11) is -3.61. The number of pyridine rings is 2. The molecule has 0 unspecified atom stereocenters. The minimum Gasteiger partial charge on any atom is -0.507 e. The summed E-state index contributed by atoms with van der Waals surface area (Å²) in [6.07, 6.45) is 3.74. The molecule has 41 heavy (non-hydrogen) atoms. The lowest BCUT2D eigenvalue weighted by atomic mass is 10.2. The van der Waals surface area contributed by atoms with Gasteiger partial charge in [-0.2, -0.15) is 8.42 Å². The highest BCUT2D eigenvalue weighted by Crippen LogP contribution is 2.25. The van der Waals surface area contributed by atoms with Gasteiger partial charge in [-0.3, -0.25) is 14.2 Å². The zero-order chi connectivity index (χ0) is 28.7. The molecule has 0 saturated carbocycles. The molecule has 0 bridgehead atoms. The molecule has 212 valence electrons. The van der Waals surface area contributed by atoms with E-state index in [1.807, 2.05) is 55.5 Å². The van der Waals surface area contributed by atoms with Crippen LogP contribution >= 0.6 is 0 Å². The number of fused-ring (bicyclic) bond motifs is 2. The molecule has 3 aromatic carbocycles. The second-order valence-electron chi connectivity index (χ2n) is 9.45. The summed E-state index contributed by atoms with van der Waals surface area (Å²) >= 11 is 0. The lowest BCUT2D eigenvalue weighted by molar-refractivity contribution is 0.265. The average molecular weight is 575 g/mol. The predicted molar refractivity (Wildman–Crippen MR) is 154 cm³/mol. The molecule has 7 rings (SSSR count). The van der Waals surface area contributed by atoms with E-state index >= 15 is 0 Å². The minimum atomic E-state index is -3.61. The number of aromatic hydroxyl groups is 1. The number of hydrogen-bond acceptors (Lipinski definition) is 9. The van der Waals surface area contributed by atoms with E-state index < -0.39 is 10.1 Å². The van der Waals surface area contributed by atoms with Gasteiger partial charge < -0.3 is 19.3 Å². The zero-order valence-electron chi connectivity index (χ0n) is 22.4. The monoisotopic (exact) mass is 574 g/mol. The number of benzene rings is 3. The first-order valence-electron chi connectivity index (χ1n) is 13.1. The number of hydrogen-bond donors (Lipinski definition) is 1. The Hall–Kier alpha value is -4.09. The van der Waals surface area contributed by atoms with Crippen LogP contribution in [-0.2, 0) is 23.8 Å². The zero-order valence-corrected chi connectivity index (χ0v) is 23.2. The van der Waals surface area contributed by atoms with Crippen LogP contribution in [0.3, 0.4) is 0 Å². The summed E-state index contributed by atoms with van der Waals surface area (Å²) < 4.78 is 43.7. The van der Waals surface area contributed by atoms with Crippen molar-refractivity contribution in [2.75, 3.05) is 26.4 Å². The van der Waals surface area contributed by atoms with Gasteiger partial charge in [-0.15, -0.1) is 0 Å². The Kier molecular flexibility index (Phi) is 9.05. The second-order valence-corrected chi connectivity index (χ2v) is 11.1. The highest BCUT2D eigenvalue weighted by atomic mass is 32.2. The van der Waals surface area contributed by atoms with Gasteiger partial charge in [0, 0.05) is 23.2 Å². The van der Waals surface area contributed by atoms with E-state index in [4.69, 9.17) is 18.4 Å². The van der Waals surface area contributed by atoms with Crippen LogP contribution in [0.5, 0.6) is 11.5 Å². The molecule has 2 aromatic heterocycles. The molecule has 0 aliphatic carbocycles. The van der Waals surface area contributed by atoms with Crippen molar-refractivity contribution in [3.05, 3.63) is 103 Å². The van der Waals surface area contributed by atoms with Crippen molar-refractivity contribution in [1.29, 1.82) is 0 Å². The lowest BCUT2D eigenvalue weighted by Gasteiger charge is -2.06. The van der Waals surface area contributed by atoms with Crippen LogP contribution in [0.25, 0.3) is 21.8 Å². The Balaban J connectivity index is 0.000000125. The van der Waals surface area contributed by atoms with Gasteiger partial charge in [0.05, 0.1) is 35.7 Å². The van der Waals surface area contributed by atoms with Gasteiger partial charge >= 0.3 is 0 Å². The van der Waals surface area contributed by atoms with Crippen molar-refractivity contribution in [3.63, 3.8) is 0 Å². The topological polar surface area (TPSA) is 124 Å². The Bertz CT molecular complexity index is 1690. The summed E-state index contributed by atoms with van der Waals surface area (Å²) in [5, 5.41) is 11.2. The number of aromatic nitrogens is 2. The van der Waals surface area contributed by atoms with Gasteiger partial charge in [-0.1, -0.05) is 29.8 Å². The number of aryl methyl sites for hydroxylation is 1. The van der Waals surface area contributed by atoms with Crippen molar-refractivity contribution in [1.82, 2.24) is 9.97 Å². The Morgan fingerprint density at radius 1 is 0.780 bits per heavy atom. The largest absolute Gasteiger partial charge is 0.507 e. The summed E-state index contributed by atoms with van der Waals surface area (Å²) in [6, 6.07) is 25.4. The number of phenols is 1. The van der Waals surface area contributed by atoms with E-state index in [0.717, 1.165) is 39.7 Å². The van der Waals surface area contributed by atoms with Crippen molar-refractivity contribution in [3.8, 4) is 11.5 Å². The van der Waals surface area contributed by atoms with Crippen LogP contribution in [0.2, 0.25) is 0 Å². The molecule has 0 radical (unpaired) electrons. The van der Waals surface area contributed by atoms with Crippen LogP contribution in [0, 0.1) is 6.92 Å². The van der Waals surface area contributed by atoms with Gasteiger partial charge in [-0.25, -0.2) is 0 Å². The molecule has 1 N–H and O–H groups in total. The van der Waals surface area contributed by atoms with Gasteiger partial charge in [0.15, 0.2) is 0 Å². The van der Waals surface area contributed by atoms with E-state index in [0.29, 0.717) is 13.2 Å². The Morgan fingerprint density at radius 3 is 2.00 bits per heavy atom. The quantitative estimate of drug-likeness (QED) is 0.210.